The SMILES string of the molecule is CCN(CC1CC1)C(=O)c1ccc2c(c1)nc(C)n2-c1ccccc1. The lowest BCUT2D eigenvalue weighted by Gasteiger charge is -2.20. The third-order valence-electron chi connectivity index (χ3n) is 4.93. The zero-order valence-electron chi connectivity index (χ0n) is 14.8. The molecule has 0 saturated heterocycles. The monoisotopic (exact) mass is 333 g/mol. The van der Waals surface area contributed by atoms with Crippen LogP contribution in [0.3, 0.4) is 0 Å². The highest BCUT2D eigenvalue weighted by molar-refractivity contribution is 5.97. The molecule has 128 valence electrons. The standard InChI is InChI=1S/C21H23N3O/c1-3-23(14-16-9-10-16)21(25)17-11-12-20-19(13-17)22-15(2)24(20)18-7-5-4-6-8-18/h4-8,11-13,16H,3,9-10,14H2,1-2H3. The number of carbonyl (C=O) groups is 1. The molecule has 1 fully saturated rings. The van der Waals surface area contributed by atoms with E-state index >= 15 is 0 Å². The fraction of sp³-hybridized carbons (Fsp3) is 0.333. The van der Waals surface area contributed by atoms with Gasteiger partial charge < -0.3 is 4.90 Å². The van der Waals surface area contributed by atoms with Crippen LogP contribution in [0.4, 0.5) is 0 Å². The molecule has 1 aliphatic carbocycles. The quantitative estimate of drug-likeness (QED) is 0.701. The Balaban J connectivity index is 1.70. The van der Waals surface area contributed by atoms with Gasteiger partial charge in [0.15, 0.2) is 0 Å². The third kappa shape index (κ3) is 3.04. The van der Waals surface area contributed by atoms with Crippen LogP contribution < -0.4 is 0 Å². The molecule has 25 heavy (non-hydrogen) atoms. The highest BCUT2D eigenvalue weighted by Gasteiger charge is 2.26. The lowest BCUT2D eigenvalue weighted by Crippen LogP contribution is -2.32. The van der Waals surface area contributed by atoms with Crippen molar-refractivity contribution in [2.45, 2.75) is 26.7 Å². The normalized spacial score (nSPS) is 14.0. The molecule has 0 radical (unpaired) electrons. The maximum atomic E-state index is 12.8. The number of rotatable bonds is 5. The number of hydrogen-bond acceptors (Lipinski definition) is 2. The van der Waals surface area contributed by atoms with Crippen molar-refractivity contribution in [2.75, 3.05) is 13.1 Å². The van der Waals surface area contributed by atoms with Crippen molar-refractivity contribution in [1.29, 1.82) is 0 Å². The van der Waals surface area contributed by atoms with E-state index < -0.39 is 0 Å². The molecule has 4 heteroatoms. The van der Waals surface area contributed by atoms with Crippen molar-refractivity contribution >= 4 is 16.9 Å². The molecule has 4 rings (SSSR count). The lowest BCUT2D eigenvalue weighted by molar-refractivity contribution is 0.0757. The summed E-state index contributed by atoms with van der Waals surface area (Å²) in [6.07, 6.45) is 2.51. The van der Waals surface area contributed by atoms with Gasteiger partial charge in [-0.1, -0.05) is 18.2 Å². The second-order valence-electron chi connectivity index (χ2n) is 6.82. The van der Waals surface area contributed by atoms with Crippen LogP contribution in [0.2, 0.25) is 0 Å². The van der Waals surface area contributed by atoms with Gasteiger partial charge in [0.2, 0.25) is 0 Å². The molecule has 1 heterocycles. The zero-order valence-corrected chi connectivity index (χ0v) is 14.8. The second kappa shape index (κ2) is 6.36. The average molecular weight is 333 g/mol. The minimum absolute atomic E-state index is 0.114. The molecule has 0 N–H and O–H groups in total. The van der Waals surface area contributed by atoms with Crippen molar-refractivity contribution in [3.8, 4) is 5.69 Å². The van der Waals surface area contributed by atoms with Crippen molar-refractivity contribution in [3.63, 3.8) is 0 Å². The van der Waals surface area contributed by atoms with Crippen LogP contribution in [-0.2, 0) is 0 Å². The van der Waals surface area contributed by atoms with Crippen LogP contribution in [0.15, 0.2) is 48.5 Å². The van der Waals surface area contributed by atoms with Crippen molar-refractivity contribution in [1.82, 2.24) is 14.5 Å². The predicted octanol–water partition coefficient (Wildman–Crippen LogP) is 4.21. The Labute approximate surface area is 148 Å². The number of hydrogen-bond donors (Lipinski definition) is 0. The summed E-state index contributed by atoms with van der Waals surface area (Å²) in [5.41, 5.74) is 3.72. The number of para-hydroxylation sites is 1. The minimum Gasteiger partial charge on any atom is -0.339 e. The van der Waals surface area contributed by atoms with Crippen molar-refractivity contribution < 1.29 is 4.79 Å². The minimum atomic E-state index is 0.114. The number of nitrogens with zero attached hydrogens (tertiary/aromatic N) is 3. The van der Waals surface area contributed by atoms with Crippen LogP contribution in [0.5, 0.6) is 0 Å². The summed E-state index contributed by atoms with van der Waals surface area (Å²) >= 11 is 0. The summed E-state index contributed by atoms with van der Waals surface area (Å²) in [4.78, 5) is 19.5. The Bertz CT molecular complexity index is 910. The molecule has 1 saturated carbocycles. The van der Waals surface area contributed by atoms with E-state index in [0.29, 0.717) is 5.92 Å². The molecule has 3 aromatic rings. The van der Waals surface area contributed by atoms with Gasteiger partial charge in [-0.3, -0.25) is 9.36 Å². The van der Waals surface area contributed by atoms with Crippen LogP contribution in [0.1, 0.15) is 35.9 Å². The van der Waals surface area contributed by atoms with Gasteiger partial charge in [-0.2, -0.15) is 0 Å². The summed E-state index contributed by atoms with van der Waals surface area (Å²) in [5, 5.41) is 0. The summed E-state index contributed by atoms with van der Waals surface area (Å²) in [6.45, 7) is 5.68. The Morgan fingerprint density at radius 3 is 2.64 bits per heavy atom. The van der Waals surface area contributed by atoms with Gasteiger partial charge in [0.05, 0.1) is 11.0 Å². The van der Waals surface area contributed by atoms with Crippen LogP contribution in [-0.4, -0.2) is 33.4 Å². The maximum Gasteiger partial charge on any atom is 0.253 e. The first kappa shape index (κ1) is 15.9. The predicted molar refractivity (Wildman–Crippen MR) is 100 cm³/mol. The summed E-state index contributed by atoms with van der Waals surface area (Å²) < 4.78 is 2.13. The first-order chi connectivity index (χ1) is 12.2. The lowest BCUT2D eigenvalue weighted by atomic mass is 10.1. The Morgan fingerprint density at radius 1 is 1.20 bits per heavy atom. The number of carbonyl (C=O) groups excluding carboxylic acids is 1. The average Bonchev–Trinajstić information content (AvgIpc) is 3.39. The molecular formula is C21H23N3O. The Kier molecular flexibility index (Phi) is 4.04. The molecule has 1 aromatic heterocycles. The van der Waals surface area contributed by atoms with Crippen molar-refractivity contribution in [3.05, 3.63) is 59.9 Å². The van der Waals surface area contributed by atoms with Crippen LogP contribution in [0, 0.1) is 12.8 Å². The van der Waals surface area contributed by atoms with E-state index in [4.69, 9.17) is 0 Å². The van der Waals surface area contributed by atoms with E-state index in [1.165, 1.54) is 12.8 Å². The van der Waals surface area contributed by atoms with Crippen LogP contribution >= 0.6 is 0 Å². The number of amides is 1. The van der Waals surface area contributed by atoms with Gasteiger partial charge in [-0.25, -0.2) is 4.98 Å². The molecule has 0 atom stereocenters. The van der Waals surface area contributed by atoms with E-state index in [1.54, 1.807) is 0 Å². The van der Waals surface area contributed by atoms with Gasteiger partial charge in [0.1, 0.15) is 5.82 Å². The Morgan fingerprint density at radius 2 is 1.96 bits per heavy atom. The maximum absolute atomic E-state index is 12.8. The highest BCUT2D eigenvalue weighted by Crippen LogP contribution is 2.30. The van der Waals surface area contributed by atoms with Gasteiger partial charge in [0.25, 0.3) is 5.91 Å². The summed E-state index contributed by atoms with van der Waals surface area (Å²) in [7, 11) is 0. The summed E-state index contributed by atoms with van der Waals surface area (Å²) in [5.74, 6) is 1.74. The van der Waals surface area contributed by atoms with E-state index in [2.05, 4.69) is 21.7 Å². The topological polar surface area (TPSA) is 38.1 Å². The number of fused-ring (bicyclic) bond motifs is 1. The molecule has 1 amide bonds. The van der Waals surface area contributed by atoms with E-state index in [1.807, 2.05) is 55.1 Å². The Hall–Kier alpha value is -2.62. The largest absolute Gasteiger partial charge is 0.339 e. The third-order valence-corrected chi connectivity index (χ3v) is 4.93. The number of imidazole rings is 1. The smallest absolute Gasteiger partial charge is 0.253 e. The van der Waals surface area contributed by atoms with E-state index in [0.717, 1.165) is 41.2 Å². The number of aryl methyl sites for hydroxylation is 1. The zero-order chi connectivity index (χ0) is 17.4. The van der Waals surface area contributed by atoms with E-state index in [-0.39, 0.29) is 5.91 Å². The fourth-order valence-corrected chi connectivity index (χ4v) is 3.39. The van der Waals surface area contributed by atoms with Gasteiger partial charge in [0, 0.05) is 24.3 Å². The van der Waals surface area contributed by atoms with Gasteiger partial charge in [-0.05, 0) is 62.9 Å². The van der Waals surface area contributed by atoms with Gasteiger partial charge in [-0.15, -0.1) is 0 Å². The second-order valence-corrected chi connectivity index (χ2v) is 6.82. The number of benzene rings is 2. The molecule has 4 nitrogen and oxygen atoms in total. The summed E-state index contributed by atoms with van der Waals surface area (Å²) in [6, 6.07) is 16.1. The first-order valence-electron chi connectivity index (χ1n) is 9.01. The number of aromatic nitrogens is 2. The van der Waals surface area contributed by atoms with Gasteiger partial charge >= 0.3 is 0 Å². The molecule has 0 spiro atoms. The van der Waals surface area contributed by atoms with Crippen LogP contribution in [0.25, 0.3) is 16.7 Å². The highest BCUT2D eigenvalue weighted by atomic mass is 16.2. The first-order valence-corrected chi connectivity index (χ1v) is 9.01. The molecular weight excluding hydrogens is 310 g/mol. The molecule has 2 aromatic carbocycles. The molecule has 0 bridgehead atoms. The van der Waals surface area contributed by atoms with E-state index in [9.17, 15) is 4.79 Å². The van der Waals surface area contributed by atoms with Crippen molar-refractivity contribution in [2.24, 2.45) is 5.92 Å². The fourth-order valence-electron chi connectivity index (χ4n) is 3.39. The molecule has 1 aliphatic rings. The molecule has 0 aliphatic heterocycles. The molecule has 0 unspecified atom stereocenters.